The van der Waals surface area contributed by atoms with E-state index in [4.69, 9.17) is 14.2 Å². The zero-order valence-electron chi connectivity index (χ0n) is 14.5. The summed E-state index contributed by atoms with van der Waals surface area (Å²) in [7, 11) is -2.52. The second kappa shape index (κ2) is 6.24. The Labute approximate surface area is 156 Å². The van der Waals surface area contributed by atoms with Crippen LogP contribution in [0, 0.1) is 5.41 Å². The van der Waals surface area contributed by atoms with E-state index >= 15 is 0 Å². The number of aliphatic carboxylic acids is 1. The molecule has 0 unspecified atom stereocenters. The molecule has 4 rings (SSSR count). The molecule has 0 spiro atoms. The molecule has 0 radical (unpaired) electrons. The first-order valence-electron chi connectivity index (χ1n) is 8.34. The van der Waals surface area contributed by atoms with Gasteiger partial charge in [-0.3, -0.25) is 4.79 Å². The minimum atomic E-state index is -3.88. The topological polar surface area (TPSA) is 99.1 Å². The zero-order chi connectivity index (χ0) is 19.2. The van der Waals surface area contributed by atoms with Crippen molar-refractivity contribution in [1.29, 1.82) is 0 Å². The number of hydrogen-bond acceptors (Lipinski definition) is 6. The molecule has 1 heterocycles. The quantitative estimate of drug-likeness (QED) is 0.806. The lowest BCUT2D eigenvalue weighted by Crippen LogP contribution is -2.28. The van der Waals surface area contributed by atoms with Crippen molar-refractivity contribution in [2.45, 2.75) is 16.1 Å². The van der Waals surface area contributed by atoms with Gasteiger partial charge in [0, 0.05) is 13.0 Å². The summed E-state index contributed by atoms with van der Waals surface area (Å²) in [4.78, 5) is 12.3. The number of carbonyl (C=O) groups is 1. The van der Waals surface area contributed by atoms with Gasteiger partial charge in [0.1, 0.15) is 5.41 Å². The Morgan fingerprint density at radius 1 is 1.19 bits per heavy atom. The lowest BCUT2D eigenvalue weighted by atomic mass is 9.99. The van der Waals surface area contributed by atoms with Gasteiger partial charge in [-0.2, -0.15) is 0 Å². The van der Waals surface area contributed by atoms with Gasteiger partial charge in [0.05, 0.1) is 16.8 Å². The first-order valence-corrected chi connectivity index (χ1v) is 9.88. The van der Waals surface area contributed by atoms with E-state index in [0.717, 1.165) is 0 Å². The van der Waals surface area contributed by atoms with Crippen LogP contribution >= 0.6 is 0 Å². The molecule has 1 aliphatic carbocycles. The molecule has 27 heavy (non-hydrogen) atoms. The van der Waals surface area contributed by atoms with E-state index in [1.807, 2.05) is 0 Å². The first kappa shape index (κ1) is 17.8. The monoisotopic (exact) mass is 390 g/mol. The predicted molar refractivity (Wildman–Crippen MR) is 94.7 cm³/mol. The third-order valence-electron chi connectivity index (χ3n) is 5.20. The summed E-state index contributed by atoms with van der Waals surface area (Å²) in [5.74, 6) is -0.923. The average Bonchev–Trinajstić information content (AvgIpc) is 3.13. The summed E-state index contributed by atoms with van der Waals surface area (Å²) in [6.07, 6.45) is 0. The van der Waals surface area contributed by atoms with Crippen molar-refractivity contribution in [1.82, 2.24) is 0 Å². The maximum atomic E-state index is 13.2. The van der Waals surface area contributed by atoms with E-state index in [1.165, 1.54) is 19.2 Å². The minimum absolute atomic E-state index is 0.0807. The standard InChI is InChI=1S/C19H18O7S/c1-24-10-19(18(20)21)16(12-7-8-14-15(9-12)26-11-25-14)17(19)27(22,23)13-5-3-2-4-6-13/h2-9,16-17H,10-11H2,1H3,(H,20,21)/t16-,17+,19+/m1/s1. The van der Waals surface area contributed by atoms with Gasteiger partial charge in [0.2, 0.25) is 6.79 Å². The Morgan fingerprint density at radius 2 is 1.89 bits per heavy atom. The summed E-state index contributed by atoms with van der Waals surface area (Å²) in [6.45, 7) is -0.129. The van der Waals surface area contributed by atoms with Crippen molar-refractivity contribution in [3.8, 4) is 11.5 Å². The third kappa shape index (κ3) is 2.59. The van der Waals surface area contributed by atoms with Crippen molar-refractivity contribution in [2.75, 3.05) is 20.5 Å². The molecule has 1 aliphatic heterocycles. The fourth-order valence-corrected chi connectivity index (χ4v) is 6.30. The number of benzene rings is 2. The highest BCUT2D eigenvalue weighted by molar-refractivity contribution is 7.92. The largest absolute Gasteiger partial charge is 0.481 e. The Morgan fingerprint density at radius 3 is 2.56 bits per heavy atom. The third-order valence-corrected chi connectivity index (χ3v) is 7.49. The van der Waals surface area contributed by atoms with Gasteiger partial charge in [-0.05, 0) is 29.8 Å². The number of methoxy groups -OCH3 is 1. The normalized spacial score (nSPS) is 26.0. The van der Waals surface area contributed by atoms with Crippen LogP contribution in [0.1, 0.15) is 11.5 Å². The van der Waals surface area contributed by atoms with E-state index in [-0.39, 0.29) is 18.3 Å². The van der Waals surface area contributed by atoms with Crippen LogP contribution in [0.15, 0.2) is 53.4 Å². The molecular weight excluding hydrogens is 372 g/mol. The highest BCUT2D eigenvalue weighted by Crippen LogP contribution is 2.65. The van der Waals surface area contributed by atoms with Gasteiger partial charge in [-0.25, -0.2) is 8.42 Å². The number of hydrogen-bond donors (Lipinski definition) is 1. The van der Waals surface area contributed by atoms with Crippen LogP contribution in [0.2, 0.25) is 0 Å². The molecule has 0 saturated heterocycles. The van der Waals surface area contributed by atoms with Crippen LogP contribution in [0.25, 0.3) is 0 Å². The lowest BCUT2D eigenvalue weighted by molar-refractivity contribution is -0.145. The number of rotatable bonds is 6. The van der Waals surface area contributed by atoms with E-state index in [1.54, 1.807) is 36.4 Å². The van der Waals surface area contributed by atoms with Crippen LogP contribution in [0.3, 0.4) is 0 Å². The number of fused-ring (bicyclic) bond motifs is 1. The highest BCUT2D eigenvalue weighted by atomic mass is 32.2. The molecule has 0 bridgehead atoms. The van der Waals surface area contributed by atoms with Crippen molar-refractivity contribution in [3.05, 3.63) is 54.1 Å². The number of carboxylic acid groups (broad SMARTS) is 1. The number of ether oxygens (including phenoxy) is 3. The van der Waals surface area contributed by atoms with Gasteiger partial charge < -0.3 is 19.3 Å². The fraction of sp³-hybridized carbons (Fsp3) is 0.316. The molecule has 7 nitrogen and oxygen atoms in total. The summed E-state index contributed by atoms with van der Waals surface area (Å²) in [6, 6.07) is 12.9. The molecule has 2 aliphatic rings. The number of carboxylic acids is 1. The molecule has 8 heteroatoms. The molecule has 1 saturated carbocycles. The van der Waals surface area contributed by atoms with Crippen molar-refractivity contribution >= 4 is 15.8 Å². The Balaban J connectivity index is 1.82. The van der Waals surface area contributed by atoms with Crippen molar-refractivity contribution in [3.63, 3.8) is 0 Å². The van der Waals surface area contributed by atoms with Crippen molar-refractivity contribution in [2.24, 2.45) is 5.41 Å². The smallest absolute Gasteiger partial charge is 0.314 e. The maximum absolute atomic E-state index is 13.2. The second-order valence-electron chi connectivity index (χ2n) is 6.65. The molecule has 2 aromatic rings. The minimum Gasteiger partial charge on any atom is -0.481 e. The SMILES string of the molecule is COC[C@]1(C(=O)O)[C@H](c2ccc3c(c2)OCO3)[C@@H]1S(=O)(=O)c1ccccc1. The molecule has 2 aromatic carbocycles. The molecular formula is C19H18O7S. The highest BCUT2D eigenvalue weighted by Gasteiger charge is 2.76. The Kier molecular flexibility index (Phi) is 4.12. The van der Waals surface area contributed by atoms with E-state index < -0.39 is 32.4 Å². The molecule has 0 amide bonds. The van der Waals surface area contributed by atoms with Crippen LogP contribution in [-0.2, 0) is 19.4 Å². The Hall–Kier alpha value is -2.58. The summed E-state index contributed by atoms with van der Waals surface area (Å²) >= 11 is 0. The Bertz CT molecular complexity index is 986. The second-order valence-corrected chi connectivity index (χ2v) is 8.72. The predicted octanol–water partition coefficient (Wildman–Crippen LogP) is 2.07. The van der Waals surface area contributed by atoms with Gasteiger partial charge >= 0.3 is 5.97 Å². The van der Waals surface area contributed by atoms with E-state index in [2.05, 4.69) is 0 Å². The maximum Gasteiger partial charge on any atom is 0.314 e. The van der Waals surface area contributed by atoms with Gasteiger partial charge in [0.15, 0.2) is 21.3 Å². The van der Waals surface area contributed by atoms with Crippen LogP contribution in [-0.4, -0.2) is 45.3 Å². The summed E-state index contributed by atoms with van der Waals surface area (Å²) in [5, 5.41) is 8.81. The van der Waals surface area contributed by atoms with Crippen LogP contribution in [0.5, 0.6) is 11.5 Å². The van der Waals surface area contributed by atoms with Crippen LogP contribution < -0.4 is 9.47 Å². The lowest BCUT2D eigenvalue weighted by Gasteiger charge is -2.12. The van der Waals surface area contributed by atoms with Gasteiger partial charge in [0.25, 0.3) is 0 Å². The molecule has 3 atom stereocenters. The summed E-state index contributed by atoms with van der Waals surface area (Å²) in [5.41, 5.74) is -0.986. The zero-order valence-corrected chi connectivity index (χ0v) is 15.3. The van der Waals surface area contributed by atoms with Crippen molar-refractivity contribution < 1.29 is 32.5 Å². The molecule has 1 fully saturated rings. The van der Waals surface area contributed by atoms with Gasteiger partial charge in [-0.15, -0.1) is 0 Å². The van der Waals surface area contributed by atoms with E-state index in [0.29, 0.717) is 17.1 Å². The van der Waals surface area contributed by atoms with Crippen LogP contribution in [0.4, 0.5) is 0 Å². The molecule has 1 N–H and O–H groups in total. The van der Waals surface area contributed by atoms with E-state index in [9.17, 15) is 18.3 Å². The number of sulfone groups is 1. The average molecular weight is 390 g/mol. The molecule has 142 valence electrons. The summed E-state index contributed by atoms with van der Waals surface area (Å²) < 4.78 is 42.2. The fourth-order valence-electron chi connectivity index (χ4n) is 3.92. The first-order chi connectivity index (χ1) is 12.9. The van der Waals surface area contributed by atoms with Gasteiger partial charge in [-0.1, -0.05) is 24.3 Å². The molecule has 0 aromatic heterocycles.